The van der Waals surface area contributed by atoms with Gasteiger partial charge in [0.2, 0.25) is 0 Å². The highest BCUT2D eigenvalue weighted by Gasteiger charge is 2.37. The van der Waals surface area contributed by atoms with Gasteiger partial charge in [-0.15, -0.1) is 0 Å². The number of hydrogen-bond donors (Lipinski definition) is 2. The Kier molecular flexibility index (Phi) is 5.55. The van der Waals surface area contributed by atoms with E-state index in [9.17, 15) is 19.2 Å². The quantitative estimate of drug-likeness (QED) is 0.541. The highest BCUT2D eigenvalue weighted by Crippen LogP contribution is 2.26. The third-order valence-electron chi connectivity index (χ3n) is 3.74. The molecule has 1 saturated heterocycles. The van der Waals surface area contributed by atoms with Crippen molar-refractivity contribution in [2.45, 2.75) is 0 Å². The van der Waals surface area contributed by atoms with Gasteiger partial charge in [0, 0.05) is 10.0 Å². The van der Waals surface area contributed by atoms with E-state index in [2.05, 4.69) is 21.2 Å². The largest absolute Gasteiger partial charge is 0.481 e. The van der Waals surface area contributed by atoms with Crippen LogP contribution in [-0.2, 0) is 14.4 Å². The smallest absolute Gasteiger partial charge is 0.341 e. The predicted octanol–water partition coefficient (Wildman–Crippen LogP) is 2.58. The lowest BCUT2D eigenvalue weighted by Crippen LogP contribution is -2.54. The van der Waals surface area contributed by atoms with E-state index < -0.39 is 30.4 Å². The number of barbiturate groups is 1. The topological polar surface area (TPSA) is 113 Å². The molecule has 0 saturated carbocycles. The first-order valence-electron chi connectivity index (χ1n) is 7.97. The minimum atomic E-state index is -1.17. The van der Waals surface area contributed by atoms with E-state index >= 15 is 0 Å². The Hall–Kier alpha value is -3.46. The Morgan fingerprint density at radius 2 is 1.89 bits per heavy atom. The summed E-state index contributed by atoms with van der Waals surface area (Å²) in [7, 11) is 0. The number of nitrogens with zero attached hydrogens (tertiary/aromatic N) is 1. The van der Waals surface area contributed by atoms with Crippen molar-refractivity contribution in [3.63, 3.8) is 0 Å². The van der Waals surface area contributed by atoms with Crippen LogP contribution in [0.1, 0.15) is 5.56 Å². The van der Waals surface area contributed by atoms with Gasteiger partial charge < -0.3 is 9.84 Å². The monoisotopic (exact) mass is 444 g/mol. The van der Waals surface area contributed by atoms with Crippen molar-refractivity contribution in [2.24, 2.45) is 0 Å². The fraction of sp³-hybridized carbons (Fsp3) is 0.0526. The maximum absolute atomic E-state index is 12.9. The number of halogens is 1. The molecule has 0 atom stereocenters. The van der Waals surface area contributed by atoms with E-state index in [-0.39, 0.29) is 17.0 Å². The van der Waals surface area contributed by atoms with Crippen LogP contribution in [0.4, 0.5) is 10.5 Å². The number of rotatable bonds is 5. The molecule has 0 bridgehead atoms. The number of amides is 4. The van der Waals surface area contributed by atoms with Gasteiger partial charge in [-0.1, -0.05) is 40.2 Å². The summed E-state index contributed by atoms with van der Waals surface area (Å²) in [4.78, 5) is 48.9. The SMILES string of the molecule is O=C(O)COc1ccccc1C=C1C(=O)NC(=O)N(c2cccc(Br)c2)C1=O. The van der Waals surface area contributed by atoms with Crippen LogP contribution in [-0.4, -0.2) is 35.5 Å². The number of carboxylic acids is 1. The Morgan fingerprint density at radius 1 is 1.14 bits per heavy atom. The van der Waals surface area contributed by atoms with Crippen LogP contribution < -0.4 is 15.0 Å². The molecule has 28 heavy (non-hydrogen) atoms. The summed E-state index contributed by atoms with van der Waals surface area (Å²) in [6.07, 6.45) is 1.26. The first kappa shape index (κ1) is 19.3. The van der Waals surface area contributed by atoms with Crippen molar-refractivity contribution in [1.82, 2.24) is 5.32 Å². The van der Waals surface area contributed by atoms with Crippen LogP contribution in [0.5, 0.6) is 5.75 Å². The second-order valence-corrected chi connectivity index (χ2v) is 6.57. The maximum atomic E-state index is 12.9. The minimum Gasteiger partial charge on any atom is -0.481 e. The highest BCUT2D eigenvalue weighted by atomic mass is 79.9. The number of carboxylic acid groups (broad SMARTS) is 1. The van der Waals surface area contributed by atoms with Crippen molar-refractivity contribution >= 4 is 51.5 Å². The van der Waals surface area contributed by atoms with Crippen LogP contribution in [0.3, 0.4) is 0 Å². The van der Waals surface area contributed by atoms with E-state index in [0.29, 0.717) is 10.0 Å². The van der Waals surface area contributed by atoms with Crippen LogP contribution in [0.25, 0.3) is 6.08 Å². The number of benzene rings is 2. The number of imide groups is 2. The first-order valence-corrected chi connectivity index (χ1v) is 8.77. The molecule has 0 aromatic heterocycles. The molecule has 142 valence electrons. The zero-order valence-electron chi connectivity index (χ0n) is 14.2. The Labute approximate surface area is 167 Å². The molecule has 1 heterocycles. The molecule has 2 aromatic rings. The second-order valence-electron chi connectivity index (χ2n) is 5.66. The average Bonchev–Trinajstić information content (AvgIpc) is 2.64. The lowest BCUT2D eigenvalue weighted by Gasteiger charge is -2.26. The number of anilines is 1. The normalized spacial score (nSPS) is 15.5. The Bertz CT molecular complexity index is 1020. The molecule has 1 aliphatic rings. The van der Waals surface area contributed by atoms with Gasteiger partial charge in [0.1, 0.15) is 11.3 Å². The molecule has 0 spiro atoms. The summed E-state index contributed by atoms with van der Waals surface area (Å²) in [6.45, 7) is -0.580. The number of para-hydroxylation sites is 1. The number of nitrogens with one attached hydrogen (secondary N) is 1. The molecule has 0 radical (unpaired) electrons. The molecule has 2 aromatic carbocycles. The molecule has 3 rings (SSSR count). The number of carbonyl (C=O) groups is 4. The predicted molar refractivity (Wildman–Crippen MR) is 103 cm³/mol. The number of carbonyl (C=O) groups excluding carboxylic acids is 3. The Balaban J connectivity index is 1.99. The molecule has 9 heteroatoms. The second kappa shape index (κ2) is 8.05. The summed E-state index contributed by atoms with van der Waals surface area (Å²) in [5.41, 5.74) is 0.322. The zero-order valence-corrected chi connectivity index (χ0v) is 15.8. The number of ether oxygens (including phenoxy) is 1. The summed E-state index contributed by atoms with van der Waals surface area (Å²) in [5, 5.41) is 10.9. The van der Waals surface area contributed by atoms with E-state index in [1.807, 2.05) is 0 Å². The van der Waals surface area contributed by atoms with Crippen molar-refractivity contribution in [1.29, 1.82) is 0 Å². The van der Waals surface area contributed by atoms with Gasteiger partial charge in [-0.3, -0.25) is 14.9 Å². The first-order chi connectivity index (χ1) is 13.4. The fourth-order valence-electron chi connectivity index (χ4n) is 2.53. The lowest BCUT2D eigenvalue weighted by atomic mass is 10.1. The Morgan fingerprint density at radius 3 is 2.61 bits per heavy atom. The molecular weight excluding hydrogens is 432 g/mol. The third-order valence-corrected chi connectivity index (χ3v) is 4.23. The van der Waals surface area contributed by atoms with Gasteiger partial charge in [-0.25, -0.2) is 14.5 Å². The van der Waals surface area contributed by atoms with Crippen molar-refractivity contribution < 1.29 is 29.0 Å². The lowest BCUT2D eigenvalue weighted by molar-refractivity contribution is -0.139. The van der Waals surface area contributed by atoms with E-state index in [1.54, 1.807) is 42.5 Å². The molecular formula is C19H13BrN2O6. The summed E-state index contributed by atoms with van der Waals surface area (Å²) in [6, 6.07) is 12.0. The zero-order chi connectivity index (χ0) is 20.3. The van der Waals surface area contributed by atoms with Gasteiger partial charge in [-0.05, 0) is 30.3 Å². The van der Waals surface area contributed by atoms with Gasteiger partial charge in [0.15, 0.2) is 6.61 Å². The standard InChI is InChI=1S/C19H13BrN2O6/c20-12-5-3-6-13(9-12)22-18(26)14(17(25)21-19(22)27)8-11-4-1-2-7-15(11)28-10-16(23)24/h1-9H,10H2,(H,23,24)(H,21,25,27). The van der Waals surface area contributed by atoms with Crippen molar-refractivity contribution in [3.8, 4) is 5.75 Å². The molecule has 0 unspecified atom stereocenters. The van der Waals surface area contributed by atoms with Crippen LogP contribution in [0, 0.1) is 0 Å². The van der Waals surface area contributed by atoms with E-state index in [1.165, 1.54) is 12.1 Å². The van der Waals surface area contributed by atoms with Crippen molar-refractivity contribution in [2.75, 3.05) is 11.5 Å². The molecule has 0 aliphatic carbocycles. The summed E-state index contributed by atoms with van der Waals surface area (Å²) in [5.74, 6) is -2.64. The van der Waals surface area contributed by atoms with Crippen LogP contribution in [0.2, 0.25) is 0 Å². The van der Waals surface area contributed by atoms with Gasteiger partial charge in [-0.2, -0.15) is 0 Å². The number of hydrogen-bond acceptors (Lipinski definition) is 5. The molecule has 4 amide bonds. The fourth-order valence-corrected chi connectivity index (χ4v) is 2.92. The maximum Gasteiger partial charge on any atom is 0.341 e. The molecule has 1 fully saturated rings. The molecule has 1 aliphatic heterocycles. The minimum absolute atomic E-state index is 0.184. The van der Waals surface area contributed by atoms with Crippen LogP contribution >= 0.6 is 15.9 Å². The van der Waals surface area contributed by atoms with Gasteiger partial charge in [0.25, 0.3) is 11.8 Å². The van der Waals surface area contributed by atoms with E-state index in [0.717, 1.165) is 4.90 Å². The highest BCUT2D eigenvalue weighted by molar-refractivity contribution is 9.10. The third kappa shape index (κ3) is 4.09. The van der Waals surface area contributed by atoms with Gasteiger partial charge >= 0.3 is 12.0 Å². The summed E-state index contributed by atoms with van der Waals surface area (Å²) < 4.78 is 5.84. The number of aliphatic carboxylic acids is 1. The van der Waals surface area contributed by atoms with Crippen LogP contribution in [0.15, 0.2) is 58.6 Å². The molecule has 2 N–H and O–H groups in total. The van der Waals surface area contributed by atoms with Crippen molar-refractivity contribution in [3.05, 3.63) is 64.1 Å². The molecule has 8 nitrogen and oxygen atoms in total. The average molecular weight is 445 g/mol. The number of urea groups is 1. The summed E-state index contributed by atoms with van der Waals surface area (Å²) >= 11 is 3.27. The van der Waals surface area contributed by atoms with Gasteiger partial charge in [0.05, 0.1) is 5.69 Å². The van der Waals surface area contributed by atoms with E-state index in [4.69, 9.17) is 9.84 Å².